The third-order valence-electron chi connectivity index (χ3n) is 3.83. The number of aromatic nitrogens is 2. The fourth-order valence-electron chi connectivity index (χ4n) is 2.71. The molecule has 2 N–H and O–H groups in total. The maximum absolute atomic E-state index is 12.5. The van der Waals surface area contributed by atoms with E-state index in [0.717, 1.165) is 26.3 Å². The number of carbonyl (C=O) groups is 1. The summed E-state index contributed by atoms with van der Waals surface area (Å²) in [6.07, 6.45) is 3.49. The van der Waals surface area contributed by atoms with Crippen LogP contribution < -0.4 is 5.32 Å². The average Bonchev–Trinajstić information content (AvgIpc) is 2.94. The summed E-state index contributed by atoms with van der Waals surface area (Å²) in [6.45, 7) is 0. The molecule has 118 valence electrons. The normalized spacial score (nSPS) is 11.1. The Balaban J connectivity index is 1.81. The van der Waals surface area contributed by atoms with Crippen molar-refractivity contribution in [2.24, 2.45) is 0 Å². The summed E-state index contributed by atoms with van der Waals surface area (Å²) in [4.78, 5) is 19.9. The predicted octanol–water partition coefficient (Wildman–Crippen LogP) is 5.38. The van der Waals surface area contributed by atoms with Crippen LogP contribution in [0.3, 0.4) is 0 Å². The number of pyridine rings is 1. The number of H-pyrrole nitrogens is 1. The van der Waals surface area contributed by atoms with E-state index in [1.54, 1.807) is 30.6 Å². The molecular formula is C18H11BrClN3O. The zero-order valence-corrected chi connectivity index (χ0v) is 14.6. The first kappa shape index (κ1) is 15.2. The van der Waals surface area contributed by atoms with E-state index in [0.29, 0.717) is 16.3 Å². The van der Waals surface area contributed by atoms with Gasteiger partial charge in [0, 0.05) is 32.0 Å². The van der Waals surface area contributed by atoms with E-state index in [1.165, 1.54) is 0 Å². The smallest absolute Gasteiger partial charge is 0.255 e. The molecule has 0 atom stereocenters. The standard InChI is InChI=1S/C18H11BrClN3O/c19-11-3-1-10(2-4-11)18(24)23-15-8-12(20)7-14-13-5-6-21-9-16(13)22-17(14)15/h1-9,22H,(H,23,24). The van der Waals surface area contributed by atoms with Crippen molar-refractivity contribution in [3.63, 3.8) is 0 Å². The molecule has 0 saturated carbocycles. The second-order valence-electron chi connectivity index (χ2n) is 5.38. The molecule has 2 heterocycles. The second-order valence-corrected chi connectivity index (χ2v) is 6.74. The van der Waals surface area contributed by atoms with Crippen molar-refractivity contribution in [3.8, 4) is 0 Å². The molecule has 0 aliphatic carbocycles. The highest BCUT2D eigenvalue weighted by molar-refractivity contribution is 9.10. The molecule has 0 unspecified atom stereocenters. The van der Waals surface area contributed by atoms with Crippen molar-refractivity contribution in [2.75, 3.05) is 5.32 Å². The first-order chi connectivity index (χ1) is 11.6. The molecule has 0 saturated heterocycles. The van der Waals surface area contributed by atoms with E-state index in [4.69, 9.17) is 11.6 Å². The second kappa shape index (κ2) is 5.92. The summed E-state index contributed by atoms with van der Waals surface area (Å²) >= 11 is 9.61. The molecule has 2 aromatic carbocycles. The van der Waals surface area contributed by atoms with Crippen LogP contribution in [0, 0.1) is 0 Å². The fraction of sp³-hybridized carbons (Fsp3) is 0. The first-order valence-corrected chi connectivity index (χ1v) is 8.41. The molecule has 6 heteroatoms. The van der Waals surface area contributed by atoms with E-state index >= 15 is 0 Å². The van der Waals surface area contributed by atoms with Crippen molar-refractivity contribution in [2.45, 2.75) is 0 Å². The molecule has 0 aliphatic rings. The molecule has 0 radical (unpaired) electrons. The summed E-state index contributed by atoms with van der Waals surface area (Å²) < 4.78 is 0.923. The van der Waals surface area contributed by atoms with Crippen LogP contribution in [0.5, 0.6) is 0 Å². The largest absolute Gasteiger partial charge is 0.352 e. The average molecular weight is 401 g/mol. The Morgan fingerprint density at radius 1 is 1.12 bits per heavy atom. The maximum Gasteiger partial charge on any atom is 0.255 e. The first-order valence-electron chi connectivity index (χ1n) is 7.24. The SMILES string of the molecule is O=C(Nc1cc(Cl)cc2c1[nH]c1cnccc12)c1ccc(Br)cc1. The van der Waals surface area contributed by atoms with Crippen LogP contribution in [0.2, 0.25) is 5.02 Å². The molecule has 24 heavy (non-hydrogen) atoms. The summed E-state index contributed by atoms with van der Waals surface area (Å²) in [5.74, 6) is -0.192. The number of hydrogen-bond donors (Lipinski definition) is 2. The van der Waals surface area contributed by atoms with Crippen molar-refractivity contribution in [1.29, 1.82) is 0 Å². The number of hydrogen-bond acceptors (Lipinski definition) is 2. The van der Waals surface area contributed by atoms with Gasteiger partial charge >= 0.3 is 0 Å². The van der Waals surface area contributed by atoms with Crippen LogP contribution in [-0.2, 0) is 0 Å². The Morgan fingerprint density at radius 3 is 2.71 bits per heavy atom. The lowest BCUT2D eigenvalue weighted by Gasteiger charge is -2.08. The molecule has 0 fully saturated rings. The number of anilines is 1. The molecule has 4 aromatic rings. The molecule has 0 spiro atoms. The van der Waals surface area contributed by atoms with E-state index in [2.05, 4.69) is 31.2 Å². The number of fused-ring (bicyclic) bond motifs is 3. The van der Waals surface area contributed by atoms with Gasteiger partial charge in [-0.25, -0.2) is 0 Å². The third-order valence-corrected chi connectivity index (χ3v) is 4.58. The summed E-state index contributed by atoms with van der Waals surface area (Å²) in [6, 6.07) is 12.7. The molecule has 1 amide bonds. The molecule has 2 aromatic heterocycles. The van der Waals surface area contributed by atoms with E-state index in [-0.39, 0.29) is 5.91 Å². The number of benzene rings is 2. The quantitative estimate of drug-likeness (QED) is 0.474. The van der Waals surface area contributed by atoms with Crippen LogP contribution in [0.15, 0.2) is 59.3 Å². The minimum Gasteiger partial charge on any atom is -0.352 e. The van der Waals surface area contributed by atoms with Gasteiger partial charge in [-0.05, 0) is 42.5 Å². The third kappa shape index (κ3) is 2.66. The Morgan fingerprint density at radius 2 is 1.92 bits per heavy atom. The number of halogens is 2. The van der Waals surface area contributed by atoms with Crippen molar-refractivity contribution in [3.05, 3.63) is 69.9 Å². The minimum atomic E-state index is -0.192. The van der Waals surface area contributed by atoms with Crippen molar-refractivity contribution < 1.29 is 4.79 Å². The van der Waals surface area contributed by atoms with Crippen LogP contribution in [0.25, 0.3) is 21.8 Å². The van der Waals surface area contributed by atoms with Crippen LogP contribution >= 0.6 is 27.5 Å². The Kier molecular flexibility index (Phi) is 3.75. The van der Waals surface area contributed by atoms with E-state index < -0.39 is 0 Å². The molecule has 0 bridgehead atoms. The van der Waals surface area contributed by atoms with Gasteiger partial charge in [0.1, 0.15) is 0 Å². The highest BCUT2D eigenvalue weighted by atomic mass is 79.9. The lowest BCUT2D eigenvalue weighted by molar-refractivity contribution is 0.102. The topological polar surface area (TPSA) is 57.8 Å². The van der Waals surface area contributed by atoms with Crippen molar-refractivity contribution >= 4 is 60.9 Å². The van der Waals surface area contributed by atoms with Gasteiger partial charge in [-0.15, -0.1) is 0 Å². The van der Waals surface area contributed by atoms with Gasteiger partial charge in [-0.2, -0.15) is 0 Å². The maximum atomic E-state index is 12.5. The lowest BCUT2D eigenvalue weighted by Crippen LogP contribution is -2.12. The number of carbonyl (C=O) groups excluding carboxylic acids is 1. The Hall–Kier alpha value is -2.37. The Labute approximate surface area is 151 Å². The molecule has 4 rings (SSSR count). The van der Waals surface area contributed by atoms with E-state index in [9.17, 15) is 4.79 Å². The van der Waals surface area contributed by atoms with E-state index in [1.807, 2.05) is 24.3 Å². The van der Waals surface area contributed by atoms with Crippen molar-refractivity contribution in [1.82, 2.24) is 9.97 Å². The number of nitrogens with one attached hydrogen (secondary N) is 2. The van der Waals surface area contributed by atoms with Gasteiger partial charge in [0.15, 0.2) is 0 Å². The van der Waals surface area contributed by atoms with Crippen LogP contribution in [-0.4, -0.2) is 15.9 Å². The number of aromatic amines is 1. The van der Waals surface area contributed by atoms with Gasteiger partial charge in [0.25, 0.3) is 5.91 Å². The highest BCUT2D eigenvalue weighted by Crippen LogP contribution is 2.33. The van der Waals surface area contributed by atoms with Crippen LogP contribution in [0.4, 0.5) is 5.69 Å². The minimum absolute atomic E-state index is 0.192. The van der Waals surface area contributed by atoms with Gasteiger partial charge < -0.3 is 10.3 Å². The van der Waals surface area contributed by atoms with Gasteiger partial charge in [-0.1, -0.05) is 27.5 Å². The lowest BCUT2D eigenvalue weighted by atomic mass is 10.1. The zero-order chi connectivity index (χ0) is 16.7. The monoisotopic (exact) mass is 399 g/mol. The predicted molar refractivity (Wildman–Crippen MR) is 101 cm³/mol. The zero-order valence-electron chi connectivity index (χ0n) is 12.3. The van der Waals surface area contributed by atoms with Gasteiger partial charge in [-0.3, -0.25) is 9.78 Å². The van der Waals surface area contributed by atoms with Gasteiger partial charge in [0.2, 0.25) is 0 Å². The summed E-state index contributed by atoms with van der Waals surface area (Å²) in [7, 11) is 0. The number of nitrogens with zero attached hydrogens (tertiary/aromatic N) is 1. The molecule has 4 nitrogen and oxygen atoms in total. The Bertz CT molecular complexity index is 1070. The number of amides is 1. The van der Waals surface area contributed by atoms with Gasteiger partial charge in [0.05, 0.1) is 22.9 Å². The highest BCUT2D eigenvalue weighted by Gasteiger charge is 2.13. The summed E-state index contributed by atoms with van der Waals surface area (Å²) in [5.41, 5.74) is 2.94. The molecule has 0 aliphatic heterocycles. The molecular weight excluding hydrogens is 390 g/mol. The number of rotatable bonds is 2. The fourth-order valence-corrected chi connectivity index (χ4v) is 3.19. The van der Waals surface area contributed by atoms with Crippen LogP contribution in [0.1, 0.15) is 10.4 Å². The summed E-state index contributed by atoms with van der Waals surface area (Å²) in [5, 5.41) is 5.46.